The van der Waals surface area contributed by atoms with Crippen LogP contribution in [0.2, 0.25) is 0 Å². The van der Waals surface area contributed by atoms with E-state index in [9.17, 15) is 4.39 Å². The zero-order valence-electron chi connectivity index (χ0n) is 15.7. The highest BCUT2D eigenvalue weighted by Crippen LogP contribution is 2.33. The summed E-state index contributed by atoms with van der Waals surface area (Å²) in [6.45, 7) is 4.15. The molecule has 146 valence electrons. The summed E-state index contributed by atoms with van der Waals surface area (Å²) in [5, 5.41) is 8.31. The highest BCUT2D eigenvalue weighted by atomic mass is 32.1. The molecule has 2 heterocycles. The number of tetrazole rings is 1. The third-order valence-electron chi connectivity index (χ3n) is 4.95. The Balaban J connectivity index is 1.53. The monoisotopic (exact) mass is 399 g/mol. The first kappa shape index (κ1) is 18.8. The molecule has 8 heteroatoms. The maximum Gasteiger partial charge on any atom is 0.221 e. The molecule has 1 fully saturated rings. The normalized spacial score (nSPS) is 17.1. The van der Waals surface area contributed by atoms with Crippen molar-refractivity contribution >= 4 is 12.2 Å². The fraction of sp³-hybridized carbons (Fsp3) is 0.350. The van der Waals surface area contributed by atoms with Gasteiger partial charge in [0, 0.05) is 12.6 Å². The zero-order chi connectivity index (χ0) is 19.5. The number of hydrogen-bond acceptors (Lipinski definition) is 5. The highest BCUT2D eigenvalue weighted by molar-refractivity contribution is 7.71. The van der Waals surface area contributed by atoms with Crippen LogP contribution >= 0.6 is 12.2 Å². The molecule has 2 aromatic carbocycles. The number of hydrogen-bond donors (Lipinski definition) is 0. The van der Waals surface area contributed by atoms with Crippen LogP contribution in [-0.4, -0.2) is 37.8 Å². The molecule has 0 amide bonds. The molecule has 1 saturated heterocycles. The minimum absolute atomic E-state index is 0.303. The Hall–Kier alpha value is -2.58. The Kier molecular flexibility index (Phi) is 5.50. The molecule has 0 spiro atoms. The molecular formula is C20H22FN5OS. The van der Waals surface area contributed by atoms with Gasteiger partial charge in [-0.3, -0.25) is 4.90 Å². The van der Waals surface area contributed by atoms with Crippen molar-refractivity contribution in [3.8, 4) is 11.4 Å². The molecule has 6 nitrogen and oxygen atoms in total. The van der Waals surface area contributed by atoms with Gasteiger partial charge in [-0.1, -0.05) is 18.2 Å². The lowest BCUT2D eigenvalue weighted by Crippen LogP contribution is -2.27. The summed E-state index contributed by atoms with van der Waals surface area (Å²) < 4.78 is 22.7. The number of nitrogens with zero attached hydrogens (tertiary/aromatic N) is 5. The first-order chi connectivity index (χ1) is 13.7. The van der Waals surface area contributed by atoms with E-state index in [2.05, 4.69) is 27.5 Å². The molecular weight excluding hydrogens is 377 g/mol. The molecule has 3 aromatic rings. The fourth-order valence-electron chi connectivity index (χ4n) is 3.63. The lowest BCUT2D eigenvalue weighted by molar-refractivity contribution is 0.188. The number of ether oxygens (including phenoxy) is 1. The van der Waals surface area contributed by atoms with Gasteiger partial charge in [0.05, 0.1) is 19.0 Å². The summed E-state index contributed by atoms with van der Waals surface area (Å²) >= 11 is 5.52. The van der Waals surface area contributed by atoms with Crippen LogP contribution in [0.4, 0.5) is 4.39 Å². The maximum atomic E-state index is 13.5. The van der Waals surface area contributed by atoms with Gasteiger partial charge < -0.3 is 4.74 Å². The molecule has 28 heavy (non-hydrogen) atoms. The fourth-order valence-corrected chi connectivity index (χ4v) is 3.87. The summed E-state index contributed by atoms with van der Waals surface area (Å²) in [4.78, 5) is 2.34. The van der Waals surface area contributed by atoms with E-state index >= 15 is 0 Å². The third-order valence-corrected chi connectivity index (χ3v) is 5.33. The van der Waals surface area contributed by atoms with E-state index in [0.29, 0.717) is 29.8 Å². The van der Waals surface area contributed by atoms with Gasteiger partial charge in [0.1, 0.15) is 11.6 Å². The molecule has 4 rings (SSSR count). The van der Waals surface area contributed by atoms with Gasteiger partial charge in [-0.15, -0.1) is 0 Å². The van der Waals surface area contributed by atoms with E-state index in [1.54, 1.807) is 16.8 Å². The van der Waals surface area contributed by atoms with Crippen molar-refractivity contribution in [2.75, 3.05) is 13.2 Å². The highest BCUT2D eigenvalue weighted by Gasteiger charge is 2.27. The lowest BCUT2D eigenvalue weighted by Gasteiger charge is -2.24. The Morgan fingerprint density at radius 2 is 2.00 bits per heavy atom. The summed E-state index contributed by atoms with van der Waals surface area (Å²) in [5.41, 5.74) is 1.82. The predicted molar refractivity (Wildman–Crippen MR) is 106 cm³/mol. The molecule has 0 radical (unpaired) electrons. The van der Waals surface area contributed by atoms with Crippen LogP contribution in [0.1, 0.15) is 31.4 Å². The Labute approximate surface area is 168 Å². The van der Waals surface area contributed by atoms with Crippen molar-refractivity contribution in [1.82, 2.24) is 24.7 Å². The summed E-state index contributed by atoms with van der Waals surface area (Å²) in [6, 6.07) is 14.8. The van der Waals surface area contributed by atoms with Crippen molar-refractivity contribution < 1.29 is 9.13 Å². The van der Waals surface area contributed by atoms with Gasteiger partial charge in [0.2, 0.25) is 4.77 Å². The van der Waals surface area contributed by atoms with E-state index in [-0.39, 0.29) is 5.82 Å². The van der Waals surface area contributed by atoms with Crippen LogP contribution in [0, 0.1) is 10.6 Å². The van der Waals surface area contributed by atoms with Crippen LogP contribution in [0.25, 0.3) is 5.69 Å². The van der Waals surface area contributed by atoms with Crippen LogP contribution in [0.5, 0.6) is 5.75 Å². The Morgan fingerprint density at radius 1 is 1.18 bits per heavy atom. The molecule has 0 N–H and O–H groups in total. The van der Waals surface area contributed by atoms with Gasteiger partial charge in [-0.05, 0) is 78.3 Å². The maximum absolute atomic E-state index is 13.5. The zero-order valence-corrected chi connectivity index (χ0v) is 16.5. The smallest absolute Gasteiger partial charge is 0.221 e. The van der Waals surface area contributed by atoms with E-state index in [4.69, 9.17) is 17.0 Å². The molecule has 0 saturated carbocycles. The molecule has 0 unspecified atom stereocenters. The average molecular weight is 399 g/mol. The Morgan fingerprint density at radius 3 is 2.75 bits per heavy atom. The third kappa shape index (κ3) is 3.83. The van der Waals surface area contributed by atoms with Gasteiger partial charge in [-0.25, -0.2) is 9.07 Å². The van der Waals surface area contributed by atoms with Gasteiger partial charge >= 0.3 is 0 Å². The summed E-state index contributed by atoms with van der Waals surface area (Å²) in [6.07, 6.45) is 2.20. The minimum Gasteiger partial charge on any atom is -0.494 e. The van der Waals surface area contributed by atoms with Crippen molar-refractivity contribution in [1.29, 1.82) is 0 Å². The standard InChI is InChI=1S/C20H22FN5OS/c1-2-27-18-10-8-15(9-11-18)19-7-4-12-24(19)14-25-20(28)26(23-22-25)17-6-3-5-16(21)13-17/h3,5-6,8-11,13,19H,2,4,7,12,14H2,1H3/t19-/m0/s1. The number of rotatable bonds is 6. The quantitative estimate of drug-likeness (QED) is 0.583. The Bertz CT molecular complexity index is 1000. The number of halogens is 1. The molecule has 1 aromatic heterocycles. The van der Waals surface area contributed by atoms with Crippen LogP contribution in [0.15, 0.2) is 48.5 Å². The second-order valence-electron chi connectivity index (χ2n) is 6.77. The van der Waals surface area contributed by atoms with E-state index in [0.717, 1.165) is 25.1 Å². The minimum atomic E-state index is -0.330. The predicted octanol–water partition coefficient (Wildman–Crippen LogP) is 4.13. The van der Waals surface area contributed by atoms with Gasteiger partial charge in [0.15, 0.2) is 0 Å². The molecule has 1 atom stereocenters. The first-order valence-corrected chi connectivity index (χ1v) is 9.82. The van der Waals surface area contributed by atoms with E-state index in [1.165, 1.54) is 22.4 Å². The average Bonchev–Trinajstić information content (AvgIpc) is 3.30. The van der Waals surface area contributed by atoms with Crippen molar-refractivity contribution in [3.05, 3.63) is 64.7 Å². The molecule has 1 aliphatic rings. The second kappa shape index (κ2) is 8.20. The first-order valence-electron chi connectivity index (χ1n) is 9.41. The number of aromatic nitrogens is 4. The number of benzene rings is 2. The summed E-state index contributed by atoms with van der Waals surface area (Å²) in [5.74, 6) is 0.556. The largest absolute Gasteiger partial charge is 0.494 e. The van der Waals surface area contributed by atoms with Crippen LogP contribution < -0.4 is 4.74 Å². The van der Waals surface area contributed by atoms with Gasteiger partial charge in [-0.2, -0.15) is 4.68 Å². The van der Waals surface area contributed by atoms with Crippen LogP contribution in [-0.2, 0) is 6.67 Å². The topological polar surface area (TPSA) is 48.1 Å². The number of likely N-dealkylation sites (tertiary alicyclic amines) is 1. The van der Waals surface area contributed by atoms with E-state index in [1.807, 2.05) is 19.1 Å². The SMILES string of the molecule is CCOc1ccc([C@@H]2CCCN2Cn2nnn(-c3cccc(F)c3)c2=S)cc1. The van der Waals surface area contributed by atoms with Crippen LogP contribution in [0.3, 0.4) is 0 Å². The second-order valence-corrected chi connectivity index (χ2v) is 7.13. The molecule has 1 aliphatic heterocycles. The van der Waals surface area contributed by atoms with Crippen molar-refractivity contribution in [3.63, 3.8) is 0 Å². The van der Waals surface area contributed by atoms with Crippen molar-refractivity contribution in [2.45, 2.75) is 32.5 Å². The lowest BCUT2D eigenvalue weighted by atomic mass is 10.0. The molecule has 0 bridgehead atoms. The van der Waals surface area contributed by atoms with Crippen molar-refractivity contribution in [2.24, 2.45) is 0 Å². The summed E-state index contributed by atoms with van der Waals surface area (Å²) in [7, 11) is 0. The van der Waals surface area contributed by atoms with E-state index < -0.39 is 0 Å². The molecule has 0 aliphatic carbocycles. The van der Waals surface area contributed by atoms with Gasteiger partial charge in [0.25, 0.3) is 0 Å².